The molecule has 1 aromatic carbocycles. The van der Waals surface area contributed by atoms with Crippen molar-refractivity contribution in [2.75, 3.05) is 12.4 Å². The Morgan fingerprint density at radius 1 is 1.48 bits per heavy atom. The molecule has 0 atom stereocenters. The largest absolute Gasteiger partial charge is 0.388 e. The van der Waals surface area contributed by atoms with Crippen molar-refractivity contribution in [3.63, 3.8) is 0 Å². The number of nitrogens with one attached hydrogen (secondary N) is 2. The number of aromatic nitrogens is 2. The Kier molecular flexibility index (Phi) is 4.12. The lowest BCUT2D eigenvalue weighted by Gasteiger charge is -2.06. The van der Waals surface area contributed by atoms with Gasteiger partial charge in [0, 0.05) is 25.7 Å². The molecule has 110 valence electrons. The lowest BCUT2D eigenvalue weighted by atomic mass is 10.1. The standard InChI is InChI=1S/C12H13N5O4/c1-7-15-11(16-21-7)6-14-12(18)9-5-8(13-2)3-4-10(9)17(19)20/h3-5,13H,6H2,1-2H3,(H,14,18). The number of amides is 1. The number of nitrogens with zero attached hydrogens (tertiary/aromatic N) is 3. The predicted octanol–water partition coefficient (Wildman–Crippen LogP) is 1.26. The van der Waals surface area contributed by atoms with E-state index in [-0.39, 0.29) is 17.8 Å². The number of nitro groups is 1. The van der Waals surface area contributed by atoms with Gasteiger partial charge in [0.1, 0.15) is 5.56 Å². The molecule has 2 aromatic rings. The third-order valence-electron chi connectivity index (χ3n) is 2.70. The molecule has 0 spiro atoms. The van der Waals surface area contributed by atoms with E-state index in [0.717, 1.165) is 0 Å². The summed E-state index contributed by atoms with van der Waals surface area (Å²) in [6.07, 6.45) is 0. The highest BCUT2D eigenvalue weighted by molar-refractivity contribution is 5.99. The molecule has 2 rings (SSSR count). The average Bonchev–Trinajstić information content (AvgIpc) is 2.89. The fourth-order valence-corrected chi connectivity index (χ4v) is 1.70. The van der Waals surface area contributed by atoms with Crippen molar-refractivity contribution in [3.05, 3.63) is 45.6 Å². The highest BCUT2D eigenvalue weighted by Gasteiger charge is 2.20. The van der Waals surface area contributed by atoms with E-state index in [4.69, 9.17) is 4.52 Å². The zero-order valence-corrected chi connectivity index (χ0v) is 11.4. The summed E-state index contributed by atoms with van der Waals surface area (Å²) in [5.41, 5.74) is 0.295. The van der Waals surface area contributed by atoms with Crippen molar-refractivity contribution in [1.29, 1.82) is 0 Å². The zero-order valence-electron chi connectivity index (χ0n) is 11.4. The van der Waals surface area contributed by atoms with Gasteiger partial charge in [-0.3, -0.25) is 14.9 Å². The molecule has 0 aliphatic heterocycles. The summed E-state index contributed by atoms with van der Waals surface area (Å²) >= 11 is 0. The molecule has 0 fully saturated rings. The smallest absolute Gasteiger partial charge is 0.282 e. The fourth-order valence-electron chi connectivity index (χ4n) is 1.70. The lowest BCUT2D eigenvalue weighted by molar-refractivity contribution is -0.385. The van der Waals surface area contributed by atoms with E-state index < -0.39 is 10.8 Å². The molecule has 0 unspecified atom stereocenters. The van der Waals surface area contributed by atoms with Crippen LogP contribution in [-0.2, 0) is 6.54 Å². The van der Waals surface area contributed by atoms with Gasteiger partial charge in [-0.05, 0) is 12.1 Å². The molecule has 9 nitrogen and oxygen atoms in total. The summed E-state index contributed by atoms with van der Waals surface area (Å²) in [6, 6.07) is 4.21. The summed E-state index contributed by atoms with van der Waals surface area (Å²) in [4.78, 5) is 26.4. The SMILES string of the molecule is CNc1ccc([N+](=O)[O-])c(C(=O)NCc2noc(C)n2)c1. The normalized spacial score (nSPS) is 10.2. The minimum absolute atomic E-state index is 0.0249. The van der Waals surface area contributed by atoms with Crippen LogP contribution in [0, 0.1) is 17.0 Å². The first-order chi connectivity index (χ1) is 10.0. The van der Waals surface area contributed by atoms with Gasteiger partial charge in [-0.1, -0.05) is 5.16 Å². The van der Waals surface area contributed by atoms with Gasteiger partial charge < -0.3 is 15.2 Å². The van der Waals surface area contributed by atoms with Gasteiger partial charge >= 0.3 is 0 Å². The van der Waals surface area contributed by atoms with Gasteiger partial charge in [0.25, 0.3) is 11.6 Å². The first-order valence-corrected chi connectivity index (χ1v) is 6.05. The molecule has 1 heterocycles. The number of hydrogen-bond acceptors (Lipinski definition) is 7. The number of rotatable bonds is 5. The summed E-state index contributed by atoms with van der Waals surface area (Å²) in [7, 11) is 1.66. The van der Waals surface area contributed by atoms with Crippen molar-refractivity contribution >= 4 is 17.3 Å². The van der Waals surface area contributed by atoms with Gasteiger partial charge in [-0.2, -0.15) is 4.98 Å². The van der Waals surface area contributed by atoms with Crippen LogP contribution in [0.15, 0.2) is 22.7 Å². The van der Waals surface area contributed by atoms with Crippen LogP contribution < -0.4 is 10.6 Å². The highest BCUT2D eigenvalue weighted by Crippen LogP contribution is 2.22. The van der Waals surface area contributed by atoms with E-state index in [2.05, 4.69) is 20.8 Å². The maximum Gasteiger partial charge on any atom is 0.282 e. The van der Waals surface area contributed by atoms with Crippen LogP contribution in [0.4, 0.5) is 11.4 Å². The predicted molar refractivity (Wildman–Crippen MR) is 72.8 cm³/mol. The van der Waals surface area contributed by atoms with Gasteiger partial charge in [0.2, 0.25) is 5.89 Å². The van der Waals surface area contributed by atoms with Crippen molar-refractivity contribution in [1.82, 2.24) is 15.5 Å². The van der Waals surface area contributed by atoms with E-state index in [1.807, 2.05) is 0 Å². The quantitative estimate of drug-likeness (QED) is 0.627. The van der Waals surface area contributed by atoms with Gasteiger partial charge in [0.05, 0.1) is 11.5 Å². The second-order valence-corrected chi connectivity index (χ2v) is 4.15. The number of carbonyl (C=O) groups excluding carboxylic acids is 1. The van der Waals surface area contributed by atoms with E-state index in [1.165, 1.54) is 18.2 Å². The molecule has 0 radical (unpaired) electrons. The molecular formula is C12H13N5O4. The van der Waals surface area contributed by atoms with Crippen molar-refractivity contribution in [3.8, 4) is 0 Å². The van der Waals surface area contributed by atoms with E-state index >= 15 is 0 Å². The second-order valence-electron chi connectivity index (χ2n) is 4.15. The summed E-state index contributed by atoms with van der Waals surface area (Å²) in [6.45, 7) is 1.65. The van der Waals surface area contributed by atoms with E-state index in [0.29, 0.717) is 17.4 Å². The first-order valence-electron chi connectivity index (χ1n) is 6.05. The first kappa shape index (κ1) is 14.4. The van der Waals surface area contributed by atoms with Crippen LogP contribution >= 0.6 is 0 Å². The minimum atomic E-state index is -0.604. The third kappa shape index (κ3) is 3.32. The van der Waals surface area contributed by atoms with Crippen molar-refractivity contribution in [2.24, 2.45) is 0 Å². The summed E-state index contributed by atoms with van der Waals surface area (Å²) in [5, 5.41) is 19.9. The number of hydrogen-bond donors (Lipinski definition) is 2. The maximum absolute atomic E-state index is 12.1. The van der Waals surface area contributed by atoms with Gasteiger partial charge in [0.15, 0.2) is 5.82 Å². The second kappa shape index (κ2) is 5.99. The van der Waals surface area contributed by atoms with Crippen LogP contribution in [0.2, 0.25) is 0 Å². The molecule has 0 saturated carbocycles. The Bertz CT molecular complexity index is 682. The van der Waals surface area contributed by atoms with Crippen LogP contribution in [0.25, 0.3) is 0 Å². The molecule has 2 N–H and O–H groups in total. The number of nitro benzene ring substituents is 1. The third-order valence-corrected chi connectivity index (χ3v) is 2.70. The average molecular weight is 291 g/mol. The molecule has 9 heteroatoms. The van der Waals surface area contributed by atoms with E-state index in [9.17, 15) is 14.9 Å². The number of aryl methyl sites for hydroxylation is 1. The molecule has 0 saturated heterocycles. The summed E-state index contributed by atoms with van der Waals surface area (Å²) in [5.74, 6) is 0.0944. The minimum Gasteiger partial charge on any atom is -0.388 e. The Hall–Kier alpha value is -2.97. The van der Waals surface area contributed by atoms with Crippen molar-refractivity contribution in [2.45, 2.75) is 13.5 Å². The Labute approximate surface area is 119 Å². The summed E-state index contributed by atoms with van der Waals surface area (Å²) < 4.78 is 4.77. The monoisotopic (exact) mass is 291 g/mol. The number of benzene rings is 1. The van der Waals surface area contributed by atoms with Crippen LogP contribution in [0.1, 0.15) is 22.1 Å². The van der Waals surface area contributed by atoms with Crippen molar-refractivity contribution < 1.29 is 14.2 Å². The van der Waals surface area contributed by atoms with E-state index in [1.54, 1.807) is 14.0 Å². The molecule has 21 heavy (non-hydrogen) atoms. The number of carbonyl (C=O) groups is 1. The topological polar surface area (TPSA) is 123 Å². The Morgan fingerprint density at radius 2 is 2.24 bits per heavy atom. The molecule has 0 aliphatic rings. The van der Waals surface area contributed by atoms with Gasteiger partial charge in [-0.15, -0.1) is 0 Å². The van der Waals surface area contributed by atoms with Crippen LogP contribution in [0.3, 0.4) is 0 Å². The fraction of sp³-hybridized carbons (Fsp3) is 0.250. The maximum atomic E-state index is 12.1. The zero-order chi connectivity index (χ0) is 15.4. The Balaban J connectivity index is 2.19. The molecule has 0 aliphatic carbocycles. The molecule has 0 bridgehead atoms. The van der Waals surface area contributed by atoms with Crippen LogP contribution in [-0.4, -0.2) is 28.0 Å². The highest BCUT2D eigenvalue weighted by atomic mass is 16.6. The van der Waals surface area contributed by atoms with Gasteiger partial charge in [-0.25, -0.2) is 0 Å². The molecular weight excluding hydrogens is 278 g/mol. The Morgan fingerprint density at radius 3 is 2.81 bits per heavy atom. The molecule has 1 amide bonds. The van der Waals surface area contributed by atoms with Crippen LogP contribution in [0.5, 0.6) is 0 Å². The lowest BCUT2D eigenvalue weighted by Crippen LogP contribution is -2.24. The number of anilines is 1. The molecule has 1 aromatic heterocycles.